The minimum Gasteiger partial charge on any atom is -0.292 e. The Hall–Kier alpha value is -1.00. The van der Waals surface area contributed by atoms with Crippen molar-refractivity contribution in [3.8, 4) is 0 Å². The molecule has 2 nitrogen and oxygen atoms in total. The third kappa shape index (κ3) is 9.53. The fourth-order valence-electron chi connectivity index (χ4n) is 1.59. The van der Waals surface area contributed by atoms with Crippen molar-refractivity contribution in [3.05, 3.63) is 53.9 Å². The molecule has 0 N–H and O–H groups in total. The number of pyridine rings is 1. The van der Waals surface area contributed by atoms with Crippen molar-refractivity contribution in [1.29, 1.82) is 0 Å². The summed E-state index contributed by atoms with van der Waals surface area (Å²) in [6.07, 6.45) is 12.4. The second kappa shape index (κ2) is 11.6. The first-order valence-corrected chi connectivity index (χ1v) is 9.70. The summed E-state index contributed by atoms with van der Waals surface area (Å²) in [6, 6.07) is 4.30. The van der Waals surface area contributed by atoms with E-state index in [4.69, 9.17) is 0 Å². The standard InChI is InChI=1S/C17H25N2S2/c1-4-5-16(2)6-9-18-10-14-20-21-15-13-19-11-7-17(3)8-12-19/h4-9,11-12H,10,13-15H2,1-3H3/q+1/b5-4-,16-6-,18-9?. The molecule has 0 aliphatic heterocycles. The van der Waals surface area contributed by atoms with E-state index in [1.807, 2.05) is 46.9 Å². The topological polar surface area (TPSA) is 16.2 Å². The number of hydrogen-bond acceptors (Lipinski definition) is 3. The molecule has 0 radical (unpaired) electrons. The zero-order valence-electron chi connectivity index (χ0n) is 13.2. The van der Waals surface area contributed by atoms with Gasteiger partial charge in [0.05, 0.1) is 5.75 Å². The van der Waals surface area contributed by atoms with E-state index in [1.54, 1.807) is 0 Å². The lowest BCUT2D eigenvalue weighted by molar-refractivity contribution is -0.692. The summed E-state index contributed by atoms with van der Waals surface area (Å²) in [5.74, 6) is 2.19. The van der Waals surface area contributed by atoms with Crippen LogP contribution in [0.3, 0.4) is 0 Å². The number of allylic oxidation sites excluding steroid dienone is 4. The van der Waals surface area contributed by atoms with Crippen LogP contribution in [-0.4, -0.2) is 24.3 Å². The summed E-state index contributed by atoms with van der Waals surface area (Å²) in [4.78, 5) is 4.38. The van der Waals surface area contributed by atoms with Crippen LogP contribution in [0.25, 0.3) is 0 Å². The molecule has 0 aromatic carbocycles. The van der Waals surface area contributed by atoms with Gasteiger partial charge in [-0.25, -0.2) is 4.57 Å². The molecule has 4 heteroatoms. The summed E-state index contributed by atoms with van der Waals surface area (Å²) in [5.41, 5.74) is 2.54. The van der Waals surface area contributed by atoms with Crippen LogP contribution in [0.15, 0.2) is 53.3 Å². The van der Waals surface area contributed by atoms with E-state index in [2.05, 4.69) is 54.0 Å². The first-order chi connectivity index (χ1) is 10.2. The average molecular weight is 322 g/mol. The Morgan fingerprint density at radius 1 is 1.24 bits per heavy atom. The normalized spacial score (nSPS) is 12.6. The van der Waals surface area contributed by atoms with Crippen molar-refractivity contribution >= 4 is 27.8 Å². The molecule has 21 heavy (non-hydrogen) atoms. The molecule has 0 saturated heterocycles. The summed E-state index contributed by atoms with van der Waals surface area (Å²) in [7, 11) is 3.82. The lowest BCUT2D eigenvalue weighted by atomic mass is 10.3. The van der Waals surface area contributed by atoms with Crippen LogP contribution in [0.5, 0.6) is 0 Å². The van der Waals surface area contributed by atoms with Gasteiger partial charge >= 0.3 is 0 Å². The highest BCUT2D eigenvalue weighted by Crippen LogP contribution is 2.19. The molecule has 1 heterocycles. The van der Waals surface area contributed by atoms with Gasteiger partial charge < -0.3 is 0 Å². The van der Waals surface area contributed by atoms with Gasteiger partial charge in [0.25, 0.3) is 0 Å². The fraction of sp³-hybridized carbons (Fsp3) is 0.412. The molecular weight excluding hydrogens is 296 g/mol. The molecular formula is C17H25N2S2+. The molecule has 1 aromatic rings. The molecule has 1 rings (SSSR count). The van der Waals surface area contributed by atoms with Crippen LogP contribution in [0.2, 0.25) is 0 Å². The van der Waals surface area contributed by atoms with E-state index in [1.165, 1.54) is 11.1 Å². The van der Waals surface area contributed by atoms with Crippen LogP contribution in [-0.2, 0) is 6.54 Å². The quantitative estimate of drug-likeness (QED) is 0.222. The predicted octanol–water partition coefficient (Wildman–Crippen LogP) is 4.26. The largest absolute Gasteiger partial charge is 0.292 e. The van der Waals surface area contributed by atoms with Gasteiger partial charge in [-0.2, -0.15) is 0 Å². The number of aromatic nitrogens is 1. The third-order valence-corrected chi connectivity index (χ3v) is 5.12. The maximum Gasteiger partial charge on any atom is 0.169 e. The molecule has 0 fully saturated rings. The van der Waals surface area contributed by atoms with Gasteiger partial charge in [-0.3, -0.25) is 4.99 Å². The third-order valence-electron chi connectivity index (χ3n) is 2.75. The molecule has 0 amide bonds. The highest BCUT2D eigenvalue weighted by molar-refractivity contribution is 8.76. The molecule has 0 aliphatic rings. The molecule has 0 aliphatic carbocycles. The number of nitrogens with zero attached hydrogens (tertiary/aromatic N) is 2. The molecule has 0 unspecified atom stereocenters. The highest BCUT2D eigenvalue weighted by atomic mass is 33.1. The van der Waals surface area contributed by atoms with Crippen LogP contribution < -0.4 is 4.57 Å². The Bertz CT molecular complexity index is 476. The van der Waals surface area contributed by atoms with E-state index in [-0.39, 0.29) is 0 Å². The maximum atomic E-state index is 4.38. The Morgan fingerprint density at radius 2 is 1.95 bits per heavy atom. The molecule has 0 spiro atoms. The van der Waals surface area contributed by atoms with Crippen molar-refractivity contribution in [1.82, 2.24) is 0 Å². The Balaban J connectivity index is 2.03. The zero-order chi connectivity index (χ0) is 15.3. The highest BCUT2D eigenvalue weighted by Gasteiger charge is 1.99. The van der Waals surface area contributed by atoms with Crippen molar-refractivity contribution in [3.63, 3.8) is 0 Å². The van der Waals surface area contributed by atoms with Gasteiger partial charge in [-0.1, -0.05) is 33.7 Å². The minimum absolute atomic E-state index is 0.884. The number of hydrogen-bond donors (Lipinski definition) is 0. The number of rotatable bonds is 9. The fourth-order valence-corrected chi connectivity index (χ4v) is 3.45. The Morgan fingerprint density at radius 3 is 2.67 bits per heavy atom. The first-order valence-electron chi connectivity index (χ1n) is 7.22. The van der Waals surface area contributed by atoms with Gasteiger partial charge in [0.2, 0.25) is 0 Å². The van der Waals surface area contributed by atoms with Gasteiger partial charge in [-0.15, -0.1) is 0 Å². The molecule has 0 saturated carbocycles. The van der Waals surface area contributed by atoms with Crippen molar-refractivity contribution in [2.75, 3.05) is 18.1 Å². The Labute approximate surface area is 136 Å². The molecule has 1 aromatic heterocycles. The van der Waals surface area contributed by atoms with Gasteiger partial charge in [0.15, 0.2) is 18.9 Å². The van der Waals surface area contributed by atoms with Crippen LogP contribution in [0.1, 0.15) is 19.4 Å². The summed E-state index contributed by atoms with van der Waals surface area (Å²) in [5, 5.41) is 0. The van der Waals surface area contributed by atoms with Crippen LogP contribution >= 0.6 is 21.6 Å². The molecule has 114 valence electrons. The second-order valence-electron chi connectivity index (χ2n) is 4.72. The van der Waals surface area contributed by atoms with E-state index >= 15 is 0 Å². The second-order valence-corrected chi connectivity index (χ2v) is 7.43. The van der Waals surface area contributed by atoms with Crippen LogP contribution in [0.4, 0.5) is 0 Å². The average Bonchev–Trinajstić information content (AvgIpc) is 2.47. The van der Waals surface area contributed by atoms with Gasteiger partial charge in [-0.05, 0) is 38.0 Å². The zero-order valence-corrected chi connectivity index (χ0v) is 14.8. The summed E-state index contributed by atoms with van der Waals surface area (Å²) in [6.45, 7) is 8.17. The van der Waals surface area contributed by atoms with Crippen molar-refractivity contribution in [2.24, 2.45) is 4.99 Å². The smallest absolute Gasteiger partial charge is 0.169 e. The lowest BCUT2D eigenvalue weighted by Crippen LogP contribution is -2.33. The van der Waals surface area contributed by atoms with Gasteiger partial charge in [0.1, 0.15) is 0 Å². The van der Waals surface area contributed by atoms with Crippen molar-refractivity contribution in [2.45, 2.75) is 27.3 Å². The van der Waals surface area contributed by atoms with E-state index in [9.17, 15) is 0 Å². The Kier molecular flexibility index (Phi) is 10.0. The van der Waals surface area contributed by atoms with E-state index < -0.39 is 0 Å². The lowest BCUT2D eigenvalue weighted by Gasteiger charge is -1.98. The number of aryl methyl sites for hydroxylation is 2. The monoisotopic (exact) mass is 321 g/mol. The number of aliphatic imine (C=N–C) groups is 1. The summed E-state index contributed by atoms with van der Waals surface area (Å²) < 4.78 is 2.23. The van der Waals surface area contributed by atoms with Gasteiger partial charge in [0, 0.05) is 30.6 Å². The molecule has 0 bridgehead atoms. The van der Waals surface area contributed by atoms with E-state index in [0.29, 0.717) is 0 Å². The summed E-state index contributed by atoms with van der Waals surface area (Å²) >= 11 is 0. The first kappa shape index (κ1) is 18.1. The minimum atomic E-state index is 0.884. The molecule has 0 atom stereocenters. The van der Waals surface area contributed by atoms with E-state index in [0.717, 1.165) is 24.6 Å². The van der Waals surface area contributed by atoms with Crippen molar-refractivity contribution < 1.29 is 4.57 Å². The van der Waals surface area contributed by atoms with Crippen LogP contribution in [0, 0.1) is 6.92 Å². The SMILES string of the molecule is C/C=C\C(C)=C/C=NCCSSCC[n+]1ccc(C)cc1. The predicted molar refractivity (Wildman–Crippen MR) is 98.2 cm³/mol. The maximum absolute atomic E-state index is 4.38.